The lowest BCUT2D eigenvalue weighted by Crippen LogP contribution is -2.44. The van der Waals surface area contributed by atoms with Crippen LogP contribution in [0.3, 0.4) is 0 Å². The molecular weight excluding hydrogens is 310 g/mol. The molecule has 0 saturated carbocycles. The summed E-state index contributed by atoms with van der Waals surface area (Å²) in [4.78, 5) is 23.7. The zero-order chi connectivity index (χ0) is 18.3. The summed E-state index contributed by atoms with van der Waals surface area (Å²) < 4.78 is 16.2. The summed E-state index contributed by atoms with van der Waals surface area (Å²) in [5.74, 6) is 0.157. The van der Waals surface area contributed by atoms with Crippen molar-refractivity contribution in [1.29, 1.82) is 0 Å². The van der Waals surface area contributed by atoms with Crippen LogP contribution in [-0.2, 0) is 14.3 Å². The zero-order valence-electron chi connectivity index (χ0n) is 15.2. The Balaban J connectivity index is 2.46. The van der Waals surface area contributed by atoms with Crippen LogP contribution in [-0.4, -0.2) is 35.9 Å². The molecule has 1 aromatic carbocycles. The summed E-state index contributed by atoms with van der Waals surface area (Å²) >= 11 is 0. The summed E-state index contributed by atoms with van der Waals surface area (Å²) in [7, 11) is 0. The molecule has 0 aliphatic heterocycles. The van der Waals surface area contributed by atoms with Crippen LogP contribution in [0.1, 0.15) is 41.5 Å². The zero-order valence-corrected chi connectivity index (χ0v) is 15.2. The maximum atomic E-state index is 12.1. The molecular formula is C18H27NO5. The Labute approximate surface area is 143 Å². The van der Waals surface area contributed by atoms with Gasteiger partial charge in [0.25, 0.3) is 0 Å². The maximum absolute atomic E-state index is 12.1. The van der Waals surface area contributed by atoms with Crippen molar-refractivity contribution in [2.24, 2.45) is 0 Å². The largest absolute Gasteiger partial charge is 0.487 e. The van der Waals surface area contributed by atoms with Crippen molar-refractivity contribution in [3.63, 3.8) is 0 Å². The topological polar surface area (TPSA) is 73.9 Å². The van der Waals surface area contributed by atoms with E-state index >= 15 is 0 Å². The quantitative estimate of drug-likeness (QED) is 0.806. The minimum atomic E-state index is -0.814. The second kappa shape index (κ2) is 8.57. The van der Waals surface area contributed by atoms with Crippen LogP contribution < -0.4 is 10.1 Å². The Hall–Kier alpha value is -2.24. The first-order valence-electron chi connectivity index (χ1n) is 8.00. The van der Waals surface area contributed by atoms with Gasteiger partial charge in [0.15, 0.2) is 0 Å². The van der Waals surface area contributed by atoms with Crippen molar-refractivity contribution in [3.05, 3.63) is 30.3 Å². The molecule has 3 atom stereocenters. The molecule has 0 spiro atoms. The van der Waals surface area contributed by atoms with Crippen LogP contribution in [0.25, 0.3) is 0 Å². The molecule has 0 fully saturated rings. The molecule has 0 saturated heterocycles. The van der Waals surface area contributed by atoms with Crippen molar-refractivity contribution < 1.29 is 23.8 Å². The van der Waals surface area contributed by atoms with Crippen molar-refractivity contribution in [2.45, 2.75) is 65.4 Å². The number of esters is 1. The Morgan fingerprint density at radius 3 is 2.12 bits per heavy atom. The highest BCUT2D eigenvalue weighted by atomic mass is 16.6. The standard InChI is InChI=1S/C18H27NO5/c1-12(19-17(21)24-18(4,5)6)16(20)23-14(3)13(2)22-15-10-8-7-9-11-15/h7-14H,1-6H3,(H,19,21)/t12-,13+,14-/m0/s1. The lowest BCUT2D eigenvalue weighted by Gasteiger charge is -2.24. The van der Waals surface area contributed by atoms with Crippen LogP contribution >= 0.6 is 0 Å². The predicted octanol–water partition coefficient (Wildman–Crippen LogP) is 3.30. The number of amides is 1. The van der Waals surface area contributed by atoms with Gasteiger partial charge >= 0.3 is 12.1 Å². The Morgan fingerprint density at radius 1 is 1.00 bits per heavy atom. The van der Waals surface area contributed by atoms with Gasteiger partial charge in [-0.05, 0) is 53.7 Å². The van der Waals surface area contributed by atoms with Gasteiger partial charge in [0.2, 0.25) is 0 Å². The van der Waals surface area contributed by atoms with Crippen molar-refractivity contribution in [2.75, 3.05) is 0 Å². The highest BCUT2D eigenvalue weighted by Gasteiger charge is 2.25. The van der Waals surface area contributed by atoms with Gasteiger partial charge in [0.05, 0.1) is 0 Å². The van der Waals surface area contributed by atoms with E-state index in [0.717, 1.165) is 0 Å². The summed E-state index contributed by atoms with van der Waals surface area (Å²) in [6.45, 7) is 10.4. The fourth-order valence-corrected chi connectivity index (χ4v) is 1.73. The van der Waals surface area contributed by atoms with Gasteiger partial charge in [-0.15, -0.1) is 0 Å². The molecule has 1 N–H and O–H groups in total. The monoisotopic (exact) mass is 337 g/mol. The average molecular weight is 337 g/mol. The van der Waals surface area contributed by atoms with Crippen molar-refractivity contribution >= 4 is 12.1 Å². The molecule has 1 amide bonds. The van der Waals surface area contributed by atoms with Crippen LogP contribution in [0.2, 0.25) is 0 Å². The van der Waals surface area contributed by atoms with Gasteiger partial charge in [0, 0.05) is 0 Å². The lowest BCUT2D eigenvalue weighted by atomic mass is 10.2. The highest BCUT2D eigenvalue weighted by molar-refractivity contribution is 5.81. The molecule has 134 valence electrons. The number of ether oxygens (including phenoxy) is 3. The average Bonchev–Trinajstić information content (AvgIpc) is 2.45. The van der Waals surface area contributed by atoms with Gasteiger partial charge in [-0.1, -0.05) is 18.2 Å². The first-order chi connectivity index (χ1) is 11.1. The second-order valence-corrected chi connectivity index (χ2v) is 6.65. The Bertz CT molecular complexity index is 538. The summed E-state index contributed by atoms with van der Waals surface area (Å²) in [6, 6.07) is 8.48. The number of carbonyl (C=O) groups is 2. The number of benzene rings is 1. The molecule has 1 aromatic rings. The Morgan fingerprint density at radius 2 is 1.58 bits per heavy atom. The molecule has 0 aliphatic carbocycles. The molecule has 24 heavy (non-hydrogen) atoms. The van der Waals surface area contributed by atoms with Crippen LogP contribution in [0.4, 0.5) is 4.79 Å². The van der Waals surface area contributed by atoms with E-state index in [1.54, 1.807) is 34.6 Å². The first kappa shape index (κ1) is 19.8. The summed E-state index contributed by atoms with van der Waals surface area (Å²) in [5.41, 5.74) is -0.626. The van der Waals surface area contributed by atoms with Gasteiger partial charge < -0.3 is 19.5 Å². The third-order valence-corrected chi connectivity index (χ3v) is 3.12. The molecule has 0 unspecified atom stereocenters. The first-order valence-corrected chi connectivity index (χ1v) is 8.00. The molecule has 1 rings (SSSR count). The summed E-state index contributed by atoms with van der Waals surface area (Å²) in [5, 5.41) is 2.45. The smallest absolute Gasteiger partial charge is 0.408 e. The Kier molecular flexibility index (Phi) is 7.07. The highest BCUT2D eigenvalue weighted by Crippen LogP contribution is 2.14. The maximum Gasteiger partial charge on any atom is 0.408 e. The van der Waals surface area contributed by atoms with E-state index in [2.05, 4.69) is 5.32 Å². The predicted molar refractivity (Wildman–Crippen MR) is 90.9 cm³/mol. The number of para-hydroxylation sites is 1. The van der Waals surface area contributed by atoms with E-state index in [4.69, 9.17) is 14.2 Å². The van der Waals surface area contributed by atoms with Gasteiger partial charge in [0.1, 0.15) is 29.6 Å². The van der Waals surface area contributed by atoms with E-state index < -0.39 is 29.8 Å². The van der Waals surface area contributed by atoms with E-state index in [-0.39, 0.29) is 6.10 Å². The van der Waals surface area contributed by atoms with Crippen molar-refractivity contribution in [3.8, 4) is 5.75 Å². The molecule has 0 bridgehead atoms. The molecule has 6 nitrogen and oxygen atoms in total. The fraction of sp³-hybridized carbons (Fsp3) is 0.556. The fourth-order valence-electron chi connectivity index (χ4n) is 1.73. The van der Waals surface area contributed by atoms with Gasteiger partial charge in [-0.25, -0.2) is 9.59 Å². The van der Waals surface area contributed by atoms with Crippen LogP contribution in [0.15, 0.2) is 30.3 Å². The lowest BCUT2D eigenvalue weighted by molar-refractivity contribution is -0.154. The third-order valence-electron chi connectivity index (χ3n) is 3.12. The second-order valence-electron chi connectivity index (χ2n) is 6.65. The van der Waals surface area contributed by atoms with E-state index in [1.807, 2.05) is 37.3 Å². The van der Waals surface area contributed by atoms with E-state index in [0.29, 0.717) is 5.75 Å². The minimum absolute atomic E-state index is 0.329. The summed E-state index contributed by atoms with van der Waals surface area (Å²) in [6.07, 6.45) is -1.46. The third kappa shape index (κ3) is 7.35. The van der Waals surface area contributed by atoms with E-state index in [9.17, 15) is 9.59 Å². The van der Waals surface area contributed by atoms with Gasteiger partial charge in [-0.2, -0.15) is 0 Å². The number of hydrogen-bond acceptors (Lipinski definition) is 5. The molecule has 0 aliphatic rings. The number of carbonyl (C=O) groups excluding carboxylic acids is 2. The number of rotatable bonds is 6. The van der Waals surface area contributed by atoms with Crippen LogP contribution in [0, 0.1) is 0 Å². The molecule has 0 radical (unpaired) electrons. The molecule has 0 heterocycles. The van der Waals surface area contributed by atoms with E-state index in [1.165, 1.54) is 0 Å². The number of nitrogens with one attached hydrogen (secondary N) is 1. The van der Waals surface area contributed by atoms with Crippen LogP contribution in [0.5, 0.6) is 5.75 Å². The van der Waals surface area contributed by atoms with Gasteiger partial charge in [-0.3, -0.25) is 0 Å². The molecule has 6 heteroatoms. The SMILES string of the molecule is C[C@H](NC(=O)OC(C)(C)C)C(=O)O[C@@H](C)[C@@H](C)Oc1ccccc1. The van der Waals surface area contributed by atoms with Crippen molar-refractivity contribution in [1.82, 2.24) is 5.32 Å². The number of hydrogen-bond donors (Lipinski definition) is 1. The normalized spacial score (nSPS) is 14.9. The number of alkyl carbamates (subject to hydrolysis) is 1. The minimum Gasteiger partial charge on any atom is -0.487 e. The molecule has 0 aromatic heterocycles.